The molecule has 2 aliphatic rings. The predicted molar refractivity (Wildman–Crippen MR) is 139 cm³/mol. The fraction of sp³-hybridized carbons (Fsp3) is 0.536. The first-order valence-electron chi connectivity index (χ1n) is 12.8. The number of nitrogens with zero attached hydrogens (tertiary/aromatic N) is 1. The molecule has 7 nitrogen and oxygen atoms in total. The van der Waals surface area contributed by atoms with Gasteiger partial charge in [-0.3, -0.25) is 9.10 Å². The summed E-state index contributed by atoms with van der Waals surface area (Å²) < 4.78 is 40.9. The Bertz CT molecular complexity index is 1210. The summed E-state index contributed by atoms with van der Waals surface area (Å²) in [7, 11) is -3.95. The van der Waals surface area contributed by atoms with E-state index in [1.165, 1.54) is 23.4 Å². The summed E-state index contributed by atoms with van der Waals surface area (Å²) in [5, 5.41) is 10.4. The van der Waals surface area contributed by atoms with Gasteiger partial charge in [0.1, 0.15) is 5.75 Å². The van der Waals surface area contributed by atoms with Gasteiger partial charge in [-0.2, -0.15) is 0 Å². The minimum atomic E-state index is -3.95. The summed E-state index contributed by atoms with van der Waals surface area (Å²) in [5.74, 6) is 0.523. The molecule has 1 saturated heterocycles. The monoisotopic (exact) mass is 515 g/mol. The second kappa shape index (κ2) is 10.5. The van der Waals surface area contributed by atoms with Crippen LogP contribution in [-0.4, -0.2) is 45.2 Å². The maximum atomic E-state index is 14.0. The molecular formula is C28H37NO6S. The molecule has 1 unspecified atom stereocenters. The third-order valence-corrected chi connectivity index (χ3v) is 9.14. The van der Waals surface area contributed by atoms with Crippen molar-refractivity contribution < 1.29 is 27.8 Å². The van der Waals surface area contributed by atoms with E-state index in [4.69, 9.17) is 9.47 Å². The second-order valence-corrected chi connectivity index (χ2v) is 12.2. The lowest BCUT2D eigenvalue weighted by Gasteiger charge is -2.38. The summed E-state index contributed by atoms with van der Waals surface area (Å²) >= 11 is 0. The van der Waals surface area contributed by atoms with E-state index in [9.17, 15) is 18.3 Å². The van der Waals surface area contributed by atoms with E-state index in [0.29, 0.717) is 50.0 Å². The Morgan fingerprint density at radius 1 is 1.14 bits per heavy atom. The van der Waals surface area contributed by atoms with Crippen LogP contribution in [0.2, 0.25) is 0 Å². The lowest BCUT2D eigenvalue weighted by Crippen LogP contribution is -2.43. The number of ketones is 1. The third-order valence-electron chi connectivity index (χ3n) is 7.28. The number of aryl methyl sites for hydroxylation is 1. The minimum absolute atomic E-state index is 0.0731. The lowest BCUT2D eigenvalue weighted by molar-refractivity contribution is 0.0495. The molecule has 0 aromatic heterocycles. The van der Waals surface area contributed by atoms with Crippen LogP contribution in [0.15, 0.2) is 41.3 Å². The highest BCUT2D eigenvalue weighted by Crippen LogP contribution is 2.39. The molecule has 1 N–H and O–H groups in total. The van der Waals surface area contributed by atoms with E-state index in [1.807, 2.05) is 13.0 Å². The zero-order chi connectivity index (χ0) is 26.1. The van der Waals surface area contributed by atoms with Gasteiger partial charge in [-0.05, 0) is 94.2 Å². The van der Waals surface area contributed by atoms with E-state index in [0.717, 1.165) is 30.4 Å². The van der Waals surface area contributed by atoms with Gasteiger partial charge < -0.3 is 14.6 Å². The van der Waals surface area contributed by atoms with Gasteiger partial charge in [0, 0.05) is 19.3 Å². The zero-order valence-electron chi connectivity index (χ0n) is 21.6. The van der Waals surface area contributed by atoms with Gasteiger partial charge in [0.25, 0.3) is 10.0 Å². The van der Waals surface area contributed by atoms with Crippen LogP contribution in [0.25, 0.3) is 0 Å². The summed E-state index contributed by atoms with van der Waals surface area (Å²) in [6.45, 7) is 8.73. The Labute approximate surface area is 214 Å². The van der Waals surface area contributed by atoms with Crippen molar-refractivity contribution in [2.45, 2.75) is 76.3 Å². The highest BCUT2D eigenvalue weighted by molar-refractivity contribution is 7.92. The summed E-state index contributed by atoms with van der Waals surface area (Å²) in [5.41, 5.74) is 1.53. The molecule has 0 aliphatic carbocycles. The topological polar surface area (TPSA) is 93.1 Å². The van der Waals surface area contributed by atoms with Crippen LogP contribution in [0.3, 0.4) is 0 Å². The first-order valence-corrected chi connectivity index (χ1v) is 14.2. The van der Waals surface area contributed by atoms with Crippen molar-refractivity contribution in [3.8, 4) is 5.75 Å². The molecule has 196 valence electrons. The van der Waals surface area contributed by atoms with Crippen molar-refractivity contribution >= 4 is 21.5 Å². The largest absolute Gasteiger partial charge is 0.493 e. The maximum absolute atomic E-state index is 14.0. The number of hydrogen-bond acceptors (Lipinski definition) is 6. The first kappa shape index (κ1) is 26.6. The third kappa shape index (κ3) is 5.45. The molecule has 0 bridgehead atoms. The van der Waals surface area contributed by atoms with Crippen LogP contribution >= 0.6 is 0 Å². The molecule has 0 saturated carbocycles. The van der Waals surface area contributed by atoms with Gasteiger partial charge in [0.2, 0.25) is 0 Å². The highest BCUT2D eigenvalue weighted by atomic mass is 32.2. The van der Waals surface area contributed by atoms with Crippen LogP contribution in [0.1, 0.15) is 74.9 Å². The van der Waals surface area contributed by atoms with E-state index in [2.05, 4.69) is 0 Å². The number of fused-ring (bicyclic) bond motifs is 1. The van der Waals surface area contributed by atoms with Crippen molar-refractivity contribution in [3.63, 3.8) is 0 Å². The normalized spacial score (nSPS) is 19.1. The van der Waals surface area contributed by atoms with Gasteiger partial charge >= 0.3 is 0 Å². The SMILES string of the molecule is CCC1CCc2cc(C(C)(C)O)ccc2N1S(=O)(=O)c1ccc(OCC2CCOCC2)c(C(C)=O)c1. The molecule has 2 aliphatic heterocycles. The van der Waals surface area contributed by atoms with Crippen LogP contribution in [-0.2, 0) is 26.8 Å². The van der Waals surface area contributed by atoms with Crippen molar-refractivity contribution in [3.05, 3.63) is 53.1 Å². The van der Waals surface area contributed by atoms with Crippen molar-refractivity contribution in [2.24, 2.45) is 5.92 Å². The van der Waals surface area contributed by atoms with Crippen LogP contribution in [0, 0.1) is 5.92 Å². The highest BCUT2D eigenvalue weighted by Gasteiger charge is 2.36. The van der Waals surface area contributed by atoms with Crippen LogP contribution < -0.4 is 9.04 Å². The average Bonchev–Trinajstić information content (AvgIpc) is 2.86. The van der Waals surface area contributed by atoms with Gasteiger partial charge in [0.05, 0.1) is 28.4 Å². The number of anilines is 1. The fourth-order valence-corrected chi connectivity index (χ4v) is 6.84. The molecule has 8 heteroatoms. The van der Waals surface area contributed by atoms with E-state index in [-0.39, 0.29) is 22.3 Å². The van der Waals surface area contributed by atoms with Gasteiger partial charge in [0.15, 0.2) is 5.78 Å². The number of ether oxygens (including phenoxy) is 2. The molecule has 4 rings (SSSR count). The Morgan fingerprint density at radius 2 is 1.86 bits per heavy atom. The van der Waals surface area contributed by atoms with E-state index in [1.54, 1.807) is 32.0 Å². The quantitative estimate of drug-likeness (QED) is 0.506. The van der Waals surface area contributed by atoms with Crippen molar-refractivity contribution in [2.75, 3.05) is 24.1 Å². The smallest absolute Gasteiger partial charge is 0.264 e. The summed E-state index contributed by atoms with van der Waals surface area (Å²) in [4.78, 5) is 12.6. The molecule has 1 fully saturated rings. The molecule has 2 aromatic carbocycles. The molecule has 2 heterocycles. The molecule has 36 heavy (non-hydrogen) atoms. The van der Waals surface area contributed by atoms with E-state index >= 15 is 0 Å². The van der Waals surface area contributed by atoms with Gasteiger partial charge in [-0.1, -0.05) is 19.1 Å². The zero-order valence-corrected chi connectivity index (χ0v) is 22.4. The number of sulfonamides is 1. The molecule has 1 atom stereocenters. The molecule has 0 amide bonds. The molecule has 2 aromatic rings. The Balaban J connectivity index is 1.68. The number of hydrogen-bond donors (Lipinski definition) is 1. The summed E-state index contributed by atoms with van der Waals surface area (Å²) in [6, 6.07) is 9.87. The predicted octanol–water partition coefficient (Wildman–Crippen LogP) is 4.84. The van der Waals surface area contributed by atoms with Crippen molar-refractivity contribution in [1.82, 2.24) is 0 Å². The van der Waals surface area contributed by atoms with Gasteiger partial charge in [-0.25, -0.2) is 8.42 Å². The number of benzene rings is 2. The van der Waals surface area contributed by atoms with E-state index < -0.39 is 15.6 Å². The summed E-state index contributed by atoms with van der Waals surface area (Å²) in [6.07, 6.45) is 3.90. The maximum Gasteiger partial charge on any atom is 0.264 e. The number of rotatable bonds is 8. The minimum Gasteiger partial charge on any atom is -0.493 e. The fourth-order valence-electron chi connectivity index (χ4n) is 5.02. The number of carbonyl (C=O) groups is 1. The Kier molecular flexibility index (Phi) is 7.78. The standard InChI is InChI=1S/C28H37NO6S/c1-5-23-8-6-21-16-22(28(3,4)31)7-10-26(21)29(23)36(32,33)24-9-11-27(25(17-24)19(2)30)35-18-20-12-14-34-15-13-20/h7,9-11,16-17,20,23,31H,5-6,8,12-15,18H2,1-4H3. The van der Waals surface area contributed by atoms with Crippen LogP contribution in [0.4, 0.5) is 5.69 Å². The second-order valence-electron chi connectivity index (χ2n) is 10.4. The molecular weight excluding hydrogens is 478 g/mol. The average molecular weight is 516 g/mol. The van der Waals surface area contributed by atoms with Gasteiger partial charge in [-0.15, -0.1) is 0 Å². The first-order chi connectivity index (χ1) is 17.0. The number of carbonyl (C=O) groups excluding carboxylic acids is 1. The number of Topliss-reactive ketones (excluding diaryl/α,β-unsaturated/α-hetero) is 1. The molecule has 0 radical (unpaired) electrons. The lowest BCUT2D eigenvalue weighted by atomic mass is 9.90. The van der Waals surface area contributed by atoms with Crippen molar-refractivity contribution in [1.29, 1.82) is 0 Å². The van der Waals surface area contributed by atoms with Crippen LogP contribution in [0.5, 0.6) is 5.75 Å². The molecule has 0 spiro atoms. The number of aliphatic hydroxyl groups is 1. The Hall–Kier alpha value is -2.42. The Morgan fingerprint density at radius 3 is 2.50 bits per heavy atom.